The number of hydrogen-bond acceptors (Lipinski definition) is 0. The van der Waals surface area contributed by atoms with E-state index in [0.29, 0.717) is 0 Å². The summed E-state index contributed by atoms with van der Waals surface area (Å²) in [6, 6.07) is 27.8. The molecule has 0 amide bonds. The molecule has 0 aromatic heterocycles. The molecule has 3 aromatic carbocycles. The van der Waals surface area contributed by atoms with Crippen LogP contribution in [0.2, 0.25) is 0 Å². The average Bonchev–Trinajstić information content (AvgIpc) is 3.57. The number of rotatable bonds is 4. The summed E-state index contributed by atoms with van der Waals surface area (Å²) in [6.45, 7) is 6.79. The molecule has 0 aliphatic heterocycles. The Kier molecular flexibility index (Phi) is 10.5. The minimum absolute atomic E-state index is 0. The van der Waals surface area contributed by atoms with Crippen molar-refractivity contribution in [2.75, 3.05) is 0 Å². The van der Waals surface area contributed by atoms with Gasteiger partial charge in [0.1, 0.15) is 0 Å². The Morgan fingerprint density at radius 2 is 1.55 bits per heavy atom. The zero-order valence-corrected chi connectivity index (χ0v) is 26.0. The van der Waals surface area contributed by atoms with Crippen LogP contribution in [0.5, 0.6) is 0 Å². The monoisotopic (exact) mass is 611 g/mol. The van der Waals surface area contributed by atoms with Crippen molar-refractivity contribution in [2.45, 2.75) is 33.6 Å². The van der Waals surface area contributed by atoms with Crippen molar-refractivity contribution in [3.8, 4) is 0 Å². The van der Waals surface area contributed by atoms with Gasteiger partial charge in [0.05, 0.1) is 0 Å². The zero-order chi connectivity index (χ0) is 25.1. The van der Waals surface area contributed by atoms with Crippen molar-refractivity contribution >= 4 is 14.9 Å². The summed E-state index contributed by atoms with van der Waals surface area (Å²) < 4.78 is 1.42. The molecule has 1 unspecified atom stereocenters. The van der Waals surface area contributed by atoms with E-state index in [9.17, 15) is 0 Å². The summed E-state index contributed by atoms with van der Waals surface area (Å²) in [5.41, 5.74) is 9.68. The van der Waals surface area contributed by atoms with Crippen LogP contribution in [0.4, 0.5) is 0 Å². The molecule has 0 spiro atoms. The number of benzene rings is 3. The molecule has 0 nitrogen and oxygen atoms in total. The quantitative estimate of drug-likeness (QED) is 0.382. The second-order valence-corrected chi connectivity index (χ2v) is 11.1. The van der Waals surface area contributed by atoms with Crippen molar-refractivity contribution in [1.29, 1.82) is 0 Å². The van der Waals surface area contributed by atoms with Gasteiger partial charge in [-0.2, -0.15) is 0 Å². The number of hydrogen-bond donors (Lipinski definition) is 0. The minimum atomic E-state index is 0. The van der Waals surface area contributed by atoms with Gasteiger partial charge in [0.2, 0.25) is 0 Å². The first kappa shape index (κ1) is 30.2. The summed E-state index contributed by atoms with van der Waals surface area (Å²) in [6.07, 6.45) is 17.3. The van der Waals surface area contributed by atoms with E-state index < -0.39 is 0 Å². The maximum atomic E-state index is 3.72. The van der Waals surface area contributed by atoms with Gasteiger partial charge in [-0.3, -0.25) is 0 Å². The van der Waals surface area contributed by atoms with Crippen LogP contribution < -0.4 is 35.3 Å². The van der Waals surface area contributed by atoms with Gasteiger partial charge in [0.25, 0.3) is 0 Å². The molecule has 3 aliphatic carbocycles. The van der Waals surface area contributed by atoms with E-state index in [1.807, 2.05) is 0 Å². The van der Waals surface area contributed by atoms with E-state index >= 15 is 0 Å². The SMILES string of the molecule is CCC1(C)C=CC2=c3ccc(C)cc3=[C-]C2=C1C1=CC=CC1.[Cl-].[Cl-].[Zr+2]=[C](c1ccccc1)c1ccccc1. The van der Waals surface area contributed by atoms with Crippen molar-refractivity contribution in [3.05, 3.63) is 153 Å². The number of aryl methyl sites for hydroxylation is 1. The van der Waals surface area contributed by atoms with Gasteiger partial charge in [-0.05, 0) is 25.2 Å². The summed E-state index contributed by atoms with van der Waals surface area (Å²) in [7, 11) is 0. The van der Waals surface area contributed by atoms with Crippen LogP contribution in [-0.4, -0.2) is 3.21 Å². The molecule has 0 radical (unpaired) electrons. The fourth-order valence-electron chi connectivity index (χ4n) is 5.17. The Morgan fingerprint density at radius 3 is 2.11 bits per heavy atom. The maximum absolute atomic E-state index is 3.72. The molecule has 0 bridgehead atoms. The standard InChI is InChI=1S/C22H21.C13H10.2ClH.Zr/c1-4-22(3)12-11-19-18-10-9-15(2)13-17(18)14-20(19)21(22)16-7-5-6-8-16;1-3-7-12(8-4-1)11-13-9-5-2-6-10-13;;;/h5-7,9-13H,4,8H2,1-3H3;1-10H;2*1H;/q-1;;;;+2/p-2. The second-order valence-electron chi connectivity index (χ2n) is 9.87. The molecule has 190 valence electrons. The van der Waals surface area contributed by atoms with E-state index in [4.69, 9.17) is 0 Å². The first-order chi connectivity index (χ1) is 17.5. The van der Waals surface area contributed by atoms with E-state index in [-0.39, 0.29) is 30.2 Å². The van der Waals surface area contributed by atoms with Crippen molar-refractivity contribution < 1.29 is 49.0 Å². The summed E-state index contributed by atoms with van der Waals surface area (Å²) in [4.78, 5) is 0. The molecule has 0 N–H and O–H groups in total. The van der Waals surface area contributed by atoms with Gasteiger partial charge in [-0.1, -0.05) is 73.1 Å². The van der Waals surface area contributed by atoms with Gasteiger partial charge in [-0.15, -0.1) is 33.7 Å². The predicted octanol–water partition coefficient (Wildman–Crippen LogP) is 0.796. The van der Waals surface area contributed by atoms with Crippen LogP contribution >= 0.6 is 0 Å². The van der Waals surface area contributed by atoms with Crippen LogP contribution in [0.25, 0.3) is 11.6 Å². The Labute approximate surface area is 254 Å². The molecule has 3 aliphatic rings. The van der Waals surface area contributed by atoms with Crippen molar-refractivity contribution in [3.63, 3.8) is 0 Å². The van der Waals surface area contributed by atoms with Crippen LogP contribution in [-0.2, 0) is 24.2 Å². The number of fused-ring (bicyclic) bond motifs is 2. The van der Waals surface area contributed by atoms with E-state index in [1.54, 1.807) is 0 Å². The molecule has 3 aromatic rings. The van der Waals surface area contributed by atoms with Gasteiger partial charge < -0.3 is 24.8 Å². The fraction of sp³-hybridized carbons (Fsp3) is 0.171. The Morgan fingerprint density at radius 1 is 0.921 bits per heavy atom. The molecule has 1 atom stereocenters. The van der Waals surface area contributed by atoms with E-state index in [0.717, 1.165) is 12.8 Å². The predicted molar refractivity (Wildman–Crippen MR) is 150 cm³/mol. The fourth-order valence-corrected chi connectivity index (χ4v) is 5.99. The van der Waals surface area contributed by atoms with Crippen LogP contribution in [0.3, 0.4) is 0 Å². The van der Waals surface area contributed by atoms with Crippen LogP contribution in [0, 0.1) is 12.3 Å². The van der Waals surface area contributed by atoms with Gasteiger partial charge >= 0.3 is 99.2 Å². The molecule has 6 rings (SSSR count). The summed E-state index contributed by atoms with van der Waals surface area (Å²) >= 11 is 1.46. The molecule has 38 heavy (non-hydrogen) atoms. The Balaban J connectivity index is 0.000000219. The van der Waals surface area contributed by atoms with Crippen molar-refractivity contribution in [2.24, 2.45) is 5.41 Å². The number of halogens is 2. The molecular formula is C35H31Cl2Zr-. The third-order valence-corrected chi connectivity index (χ3v) is 8.80. The van der Waals surface area contributed by atoms with Gasteiger partial charge in [0.15, 0.2) is 0 Å². The van der Waals surface area contributed by atoms with Crippen LogP contribution in [0.15, 0.2) is 126 Å². The molecule has 0 fully saturated rings. The summed E-state index contributed by atoms with van der Waals surface area (Å²) in [5.74, 6) is 0. The summed E-state index contributed by atoms with van der Waals surface area (Å²) in [5, 5.41) is 2.58. The molecule has 0 saturated carbocycles. The second kappa shape index (κ2) is 13.2. The molecule has 0 saturated heterocycles. The average molecular weight is 614 g/mol. The Hall–Kier alpha value is -2.31. The van der Waals surface area contributed by atoms with Gasteiger partial charge in [-0.25, -0.2) is 0 Å². The molecule has 0 heterocycles. The first-order valence-corrected chi connectivity index (χ1v) is 14.0. The Bertz CT molecular complexity index is 1520. The topological polar surface area (TPSA) is 0 Å². The normalized spacial score (nSPS) is 18.2. The van der Waals surface area contributed by atoms with E-state index in [2.05, 4.69) is 136 Å². The van der Waals surface area contributed by atoms with Crippen molar-refractivity contribution in [1.82, 2.24) is 0 Å². The first-order valence-electron chi connectivity index (χ1n) is 12.7. The number of allylic oxidation sites excluding steroid dienone is 8. The van der Waals surface area contributed by atoms with Crippen LogP contribution in [0.1, 0.15) is 43.4 Å². The third-order valence-electron chi connectivity index (χ3n) is 7.38. The van der Waals surface area contributed by atoms with E-state index in [1.165, 1.54) is 76.9 Å². The third kappa shape index (κ3) is 6.12. The zero-order valence-electron chi connectivity index (χ0n) is 22.1. The molecular weight excluding hydrogens is 583 g/mol. The van der Waals surface area contributed by atoms with Gasteiger partial charge in [0, 0.05) is 0 Å². The molecule has 3 heteroatoms.